The molecule has 2 fully saturated rings. The number of aromatic nitrogens is 7. The van der Waals surface area contributed by atoms with Gasteiger partial charge in [0.2, 0.25) is 12.6 Å². The van der Waals surface area contributed by atoms with Gasteiger partial charge in [-0.05, 0) is 99.8 Å². The molecule has 22 heteroatoms. The summed E-state index contributed by atoms with van der Waals surface area (Å²) in [6.07, 6.45) is 6.59. The largest absolute Gasteiger partial charge is 0.493 e. The maximum atomic E-state index is 15.7. The lowest BCUT2D eigenvalue weighted by atomic mass is 9.87. The van der Waals surface area contributed by atoms with Gasteiger partial charge in [-0.25, -0.2) is 32.6 Å². The molecule has 5 heterocycles. The fraction of sp³-hybridized carbons (Fsp3) is 0.463. The Morgan fingerprint density at radius 2 is 1.66 bits per heavy atom. The second-order valence-corrected chi connectivity index (χ2v) is 19.2. The number of aliphatic hydroxyl groups excluding tert-OH is 1. The highest BCUT2D eigenvalue weighted by atomic mass is 19.1. The van der Waals surface area contributed by atoms with E-state index >= 15 is 4.39 Å². The second kappa shape index (κ2) is 25.5. The average Bonchev–Trinajstić information content (AvgIpc) is 4.16. The Labute approximate surface area is 441 Å². The first-order valence-electron chi connectivity index (χ1n) is 25.4. The number of halogens is 2. The number of ether oxygens (including phenoxy) is 4. The number of nitrogens with zero attached hydrogens (tertiary/aromatic N) is 10. The predicted octanol–water partition coefficient (Wildman–Crippen LogP) is 5.79. The van der Waals surface area contributed by atoms with Gasteiger partial charge in [-0.1, -0.05) is 32.9 Å². The van der Waals surface area contributed by atoms with Gasteiger partial charge in [0.15, 0.2) is 0 Å². The first-order valence-corrected chi connectivity index (χ1v) is 25.4. The fourth-order valence-corrected chi connectivity index (χ4v) is 9.63. The summed E-state index contributed by atoms with van der Waals surface area (Å²) in [6, 6.07) is 21.4. The van der Waals surface area contributed by atoms with Crippen LogP contribution < -0.4 is 41.2 Å². The molecule has 3 aromatic heterocycles. The molecule has 5 N–H and O–H groups in total. The van der Waals surface area contributed by atoms with E-state index in [1.165, 1.54) is 52.2 Å². The SMILES string of the molecule is C.CC[C@@H]([C@H](C)O)n1ncn(-c2ccc(N3CCN(c4ccc(OC[C@@H]5CO[C@@](Cn6c[n+](C(C)OC(=O)N(C)c7ncccc7COC(=O)[C@@H](N)CCCCN)cn6)(c6ccc(F)cc6F)C5)cc4)CC3)cc2)c1=O. The molecule has 76 heavy (non-hydrogen) atoms. The summed E-state index contributed by atoms with van der Waals surface area (Å²) >= 11 is 0. The summed E-state index contributed by atoms with van der Waals surface area (Å²) < 4.78 is 59.8. The average molecular weight is 1050 g/mol. The number of pyridine rings is 1. The summed E-state index contributed by atoms with van der Waals surface area (Å²) in [5, 5.41) is 18.9. The minimum absolute atomic E-state index is 0. The number of aliphatic hydroxyl groups is 1. The zero-order chi connectivity index (χ0) is 53.2. The summed E-state index contributed by atoms with van der Waals surface area (Å²) in [4.78, 5) is 49.3. The third kappa shape index (κ3) is 13.2. The maximum Gasteiger partial charge on any atom is 0.418 e. The van der Waals surface area contributed by atoms with Gasteiger partial charge < -0.3 is 45.3 Å². The topological polar surface area (TPSA) is 227 Å². The molecule has 0 radical (unpaired) electrons. The molecule has 0 spiro atoms. The molecule has 3 aromatic carbocycles. The quantitative estimate of drug-likeness (QED) is 0.0416. The van der Waals surface area contributed by atoms with E-state index in [-0.39, 0.29) is 56.8 Å². The number of hydrogen-bond donors (Lipinski definition) is 3. The molecular weight excluding hydrogens is 983 g/mol. The van der Waals surface area contributed by atoms with Crippen molar-refractivity contribution >= 4 is 29.3 Å². The molecule has 1 unspecified atom stereocenters. The summed E-state index contributed by atoms with van der Waals surface area (Å²) in [6.45, 7) is 9.34. The van der Waals surface area contributed by atoms with Crippen molar-refractivity contribution in [2.75, 3.05) is 67.7 Å². The van der Waals surface area contributed by atoms with Gasteiger partial charge in [0.25, 0.3) is 6.33 Å². The third-order valence-corrected chi connectivity index (χ3v) is 13.9. The number of carbonyl (C=O) groups is 2. The Kier molecular flexibility index (Phi) is 19.0. The molecular formula is C54H71F2N12O8+. The van der Waals surface area contributed by atoms with Gasteiger partial charge in [-0.3, -0.25) is 9.69 Å². The van der Waals surface area contributed by atoms with Crippen molar-refractivity contribution in [2.45, 2.75) is 103 Å². The smallest absolute Gasteiger partial charge is 0.418 e. The second-order valence-electron chi connectivity index (χ2n) is 19.2. The Bertz CT molecular complexity index is 2910. The molecule has 0 bridgehead atoms. The van der Waals surface area contributed by atoms with Crippen LogP contribution in [0.1, 0.15) is 83.7 Å². The lowest BCUT2D eigenvalue weighted by Crippen LogP contribution is -2.46. The van der Waals surface area contributed by atoms with Gasteiger partial charge >= 0.3 is 17.8 Å². The van der Waals surface area contributed by atoms with E-state index in [9.17, 15) is 23.9 Å². The summed E-state index contributed by atoms with van der Waals surface area (Å²) in [5.41, 5.74) is 13.5. The van der Waals surface area contributed by atoms with Crippen LogP contribution >= 0.6 is 0 Å². The van der Waals surface area contributed by atoms with Gasteiger partial charge in [-0.15, -0.1) is 4.68 Å². The molecule has 2 aliphatic heterocycles. The summed E-state index contributed by atoms with van der Waals surface area (Å²) in [5.74, 6) is -1.29. The molecule has 2 aliphatic rings. The standard InChI is InChI=1S/C53H67F2N12O8.CH4/c1-5-48(36(2)68)67-51(70)66(34-60-67)43-14-12-41(13-15-43)62-23-25-63(26-24-62)42-16-18-44(19-17-42)72-29-38-28-53(74-30-38,45-20-11-40(54)27-46(45)55)32-65-35-64(33-59-65)37(3)75-52(71)61(4)49-39(9-8-22-58-49)31-73-50(69)47(57)10-6-7-21-56;/h8-9,11-20,22,27,33-38,47-48,68H,5-7,10,21,23-26,28-32,56-57H2,1-4H3;1H4/q+1;/t36-,37?,38+,47-,48-,53-;/m0./s1. The number of benzene rings is 3. The third-order valence-electron chi connectivity index (χ3n) is 13.9. The lowest BCUT2D eigenvalue weighted by Gasteiger charge is -2.37. The van der Waals surface area contributed by atoms with E-state index in [2.05, 4.69) is 25.0 Å². The maximum absolute atomic E-state index is 15.7. The van der Waals surface area contributed by atoms with Gasteiger partial charge in [0.05, 0.1) is 31.0 Å². The van der Waals surface area contributed by atoms with Crippen molar-refractivity contribution in [2.24, 2.45) is 17.4 Å². The van der Waals surface area contributed by atoms with Crippen LogP contribution in [0.15, 0.2) is 109 Å². The molecule has 20 nitrogen and oxygen atoms in total. The van der Waals surface area contributed by atoms with E-state index in [0.29, 0.717) is 49.2 Å². The Hall–Kier alpha value is -7.27. The predicted molar refractivity (Wildman–Crippen MR) is 281 cm³/mol. The van der Waals surface area contributed by atoms with E-state index < -0.39 is 53.7 Å². The monoisotopic (exact) mass is 1050 g/mol. The first kappa shape index (κ1) is 56.5. The number of esters is 1. The van der Waals surface area contributed by atoms with Crippen molar-refractivity contribution < 1.29 is 47.0 Å². The number of piperazine rings is 1. The highest BCUT2D eigenvalue weighted by molar-refractivity contribution is 5.86. The Balaban J connectivity index is 0.00000840. The zero-order valence-corrected chi connectivity index (χ0v) is 42.8. The normalized spacial score (nSPS) is 18.1. The fourth-order valence-electron chi connectivity index (χ4n) is 9.63. The van der Waals surface area contributed by atoms with Gasteiger partial charge in [0, 0.05) is 85.9 Å². The minimum atomic E-state index is -1.24. The summed E-state index contributed by atoms with van der Waals surface area (Å²) in [7, 11) is 1.49. The van der Waals surface area contributed by atoms with Crippen LogP contribution in [0, 0.1) is 17.6 Å². The van der Waals surface area contributed by atoms with E-state index in [4.69, 9.17) is 30.4 Å². The van der Waals surface area contributed by atoms with Crippen molar-refractivity contribution in [1.82, 2.24) is 29.1 Å². The van der Waals surface area contributed by atoms with Crippen molar-refractivity contribution in [1.29, 1.82) is 0 Å². The Morgan fingerprint density at radius 1 is 0.974 bits per heavy atom. The van der Waals surface area contributed by atoms with Crippen LogP contribution in [0.4, 0.5) is 30.8 Å². The van der Waals surface area contributed by atoms with E-state index in [1.54, 1.807) is 41.6 Å². The number of rotatable bonds is 22. The van der Waals surface area contributed by atoms with Crippen molar-refractivity contribution in [3.63, 3.8) is 0 Å². The van der Waals surface area contributed by atoms with Crippen LogP contribution in [0.2, 0.25) is 0 Å². The number of carbonyl (C=O) groups excluding carboxylic acids is 2. The van der Waals surface area contributed by atoms with E-state index in [0.717, 1.165) is 50.0 Å². The molecule has 8 rings (SSSR count). The van der Waals surface area contributed by atoms with Crippen LogP contribution in [0.5, 0.6) is 5.75 Å². The molecule has 408 valence electrons. The zero-order valence-electron chi connectivity index (χ0n) is 42.8. The number of nitrogens with two attached hydrogens (primary N) is 2. The van der Waals surface area contributed by atoms with Crippen LogP contribution in [-0.2, 0) is 37.8 Å². The highest BCUT2D eigenvalue weighted by Crippen LogP contribution is 2.42. The van der Waals surface area contributed by atoms with E-state index in [1.807, 2.05) is 55.5 Å². The van der Waals surface area contributed by atoms with Gasteiger partial charge in [0.1, 0.15) is 54.3 Å². The van der Waals surface area contributed by atoms with Crippen molar-refractivity contribution in [3.05, 3.63) is 137 Å². The van der Waals surface area contributed by atoms with Crippen LogP contribution in [0.25, 0.3) is 5.69 Å². The lowest BCUT2D eigenvalue weighted by molar-refractivity contribution is -0.753. The van der Waals surface area contributed by atoms with Crippen LogP contribution in [0.3, 0.4) is 0 Å². The van der Waals surface area contributed by atoms with Crippen molar-refractivity contribution in [3.8, 4) is 11.4 Å². The first-order chi connectivity index (χ1) is 36.2. The molecule has 0 aliphatic carbocycles. The van der Waals surface area contributed by atoms with Gasteiger partial charge in [-0.2, -0.15) is 9.67 Å². The highest BCUT2D eigenvalue weighted by Gasteiger charge is 2.46. The number of anilines is 3. The molecule has 2 saturated heterocycles. The minimum Gasteiger partial charge on any atom is -0.493 e. The number of hydrogen-bond acceptors (Lipinski definition) is 15. The number of unbranched alkanes of at least 4 members (excludes halogenated alkanes) is 1. The number of amides is 1. The molecule has 1 amide bonds. The Morgan fingerprint density at radius 3 is 2.32 bits per heavy atom. The molecule has 6 aromatic rings. The van der Waals surface area contributed by atoms with Crippen LogP contribution in [-0.4, -0.2) is 111 Å². The molecule has 0 saturated carbocycles. The molecule has 6 atom stereocenters.